The molecule has 116 heavy (non-hydrogen) atoms. The van der Waals surface area contributed by atoms with E-state index in [0.717, 1.165) is 29.6 Å². The summed E-state index contributed by atoms with van der Waals surface area (Å²) in [5, 5.41) is 17.8. The van der Waals surface area contributed by atoms with Gasteiger partial charge in [0, 0.05) is 40.6 Å². The molecule has 16 rings (SSSR count). The molecule has 12 aromatic rings. The zero-order valence-corrected chi connectivity index (χ0v) is 68.3. The second-order valence-corrected chi connectivity index (χ2v) is 34.4. The van der Waals surface area contributed by atoms with Gasteiger partial charge in [0.25, 0.3) is 63.6 Å². The van der Waals surface area contributed by atoms with Crippen LogP contribution >= 0.6 is 91.8 Å². The smallest absolute Gasteiger partial charge is 0.265 e. The molecule has 1 atom stereocenters. The topological polar surface area (TPSA) is 431 Å². The highest BCUT2D eigenvalue weighted by atomic mass is 35.5. The number of carbonyl (C=O) groups excluding carboxylic acids is 4. The predicted molar refractivity (Wildman–Crippen MR) is 427 cm³/mol. The van der Waals surface area contributed by atoms with Crippen LogP contribution in [0.3, 0.4) is 0 Å². The number of halogens is 4. The van der Waals surface area contributed by atoms with Crippen molar-refractivity contribution in [1.29, 1.82) is 0 Å². The molecule has 0 spiro atoms. The molecule has 0 saturated carbocycles. The highest BCUT2D eigenvalue weighted by molar-refractivity contribution is 7.94. The summed E-state index contributed by atoms with van der Waals surface area (Å²) in [6.07, 6.45) is -12.3. The number of carbonyl (C=O) groups is 4. The number of ether oxygens (including phenoxy) is 8. The largest absolute Gasteiger partial charge is 0.454 e. The molecule has 1 unspecified atom stereocenters. The monoisotopic (exact) mass is 1840 g/mol. The number of hydrogen-bond donors (Lipinski definition) is 4. The normalized spacial score (nSPS) is 17.8. The standard InChI is InChI=1S/4C18H15ClN2O6S2/c4*1-9-5-13-14(26-8-25-13)7-11(9)6-12(22)17-15(3-4-28-17)29(23,24)21-18-16(19)10(2)20-27-18/h4*3-5,7,21H,6,8H2,1-2H3/i5D,6D2,7D,8D2;5D,6D2,7D,8D;1D3,5D,6D2,7D;5D,6D2,7D/hD4. The highest BCUT2D eigenvalue weighted by Gasteiger charge is 2.34. The van der Waals surface area contributed by atoms with Crippen molar-refractivity contribution >= 4 is 179 Å². The number of benzene rings is 4. The van der Waals surface area contributed by atoms with E-state index in [9.17, 15) is 52.8 Å². The Kier molecular flexibility index (Phi) is 16.5. The lowest BCUT2D eigenvalue weighted by Crippen LogP contribution is -2.16. The number of aromatic nitrogens is 4. The van der Waals surface area contributed by atoms with Crippen molar-refractivity contribution in [2.75, 3.05) is 46.0 Å². The second-order valence-electron chi connectivity index (χ2n) is 22.9. The molecular formula is C72H60Cl4N8O24S8. The van der Waals surface area contributed by atoms with Gasteiger partial charge in [-0.05, 0) is 194 Å². The van der Waals surface area contributed by atoms with Crippen LogP contribution in [-0.4, -0.2) is 105 Å². The Morgan fingerprint density at radius 1 is 0.397 bits per heavy atom. The average molecular weight is 1850 g/mol. The predicted octanol–water partition coefficient (Wildman–Crippen LogP) is 15.8. The quantitative estimate of drug-likeness (QED) is 0.0408. The summed E-state index contributed by atoms with van der Waals surface area (Å²) in [4.78, 5) is 48.4. The maximum atomic E-state index is 13.5. The Morgan fingerprint density at radius 2 is 0.629 bits per heavy atom. The van der Waals surface area contributed by atoms with E-state index in [0.29, 0.717) is 45.3 Å². The number of anilines is 4. The van der Waals surface area contributed by atoms with E-state index in [1.54, 1.807) is 0 Å². The third-order valence-electron chi connectivity index (χ3n) is 15.0. The summed E-state index contributed by atoms with van der Waals surface area (Å²) in [6, 6.07) is -0.536. The molecule has 4 N–H and O–H groups in total. The summed E-state index contributed by atoms with van der Waals surface area (Å²) in [5.41, 5.74) is -3.38. The molecule has 0 radical (unpaired) electrons. The summed E-state index contributed by atoms with van der Waals surface area (Å²) < 4.78 is 377. The first-order valence-electron chi connectivity index (χ1n) is 44.3. The Labute approximate surface area is 733 Å². The number of thiophene rings is 4. The Hall–Kier alpha value is -10.2. The van der Waals surface area contributed by atoms with E-state index >= 15 is 0 Å². The van der Waals surface area contributed by atoms with E-state index < -0.39 is 260 Å². The van der Waals surface area contributed by atoms with Gasteiger partial charge in [-0.1, -0.05) is 67.0 Å². The lowest BCUT2D eigenvalue weighted by Gasteiger charge is -2.09. The van der Waals surface area contributed by atoms with E-state index in [-0.39, 0.29) is 126 Å². The van der Waals surface area contributed by atoms with Crippen LogP contribution in [0.5, 0.6) is 46.0 Å². The van der Waals surface area contributed by atoms with Crippen LogP contribution in [0.1, 0.15) is 136 Å². The Morgan fingerprint density at radius 3 is 0.897 bits per heavy atom. The Balaban J connectivity index is 0.000000159. The highest BCUT2D eigenvalue weighted by Crippen LogP contribution is 2.42. The summed E-state index contributed by atoms with van der Waals surface area (Å²) >= 11 is 26.2. The van der Waals surface area contributed by atoms with Crippen molar-refractivity contribution in [1.82, 2.24) is 20.6 Å². The third-order valence-corrected chi connectivity index (χ3v) is 26.2. The first-order chi connectivity index (χ1) is 65.6. The van der Waals surface area contributed by atoms with E-state index in [2.05, 4.69) is 20.6 Å². The van der Waals surface area contributed by atoms with Crippen LogP contribution < -0.4 is 56.8 Å². The number of Topliss-reactive ketones (excluding diaryl/α,β-unsaturated/α-hetero) is 4. The molecule has 0 aliphatic carbocycles. The summed E-state index contributed by atoms with van der Waals surface area (Å²) in [7, 11) is -19.2. The van der Waals surface area contributed by atoms with Crippen LogP contribution in [0.25, 0.3) is 0 Å². The van der Waals surface area contributed by atoms with Crippen molar-refractivity contribution in [3.63, 3.8) is 0 Å². The lowest BCUT2D eigenvalue weighted by molar-refractivity contribution is 0.0985. The minimum Gasteiger partial charge on any atom is -0.454 e. The molecular weight excluding hydrogens is 1760 g/mol. The lowest BCUT2D eigenvalue weighted by atomic mass is 10.0. The van der Waals surface area contributed by atoms with Crippen LogP contribution in [0.2, 0.25) is 25.7 Å². The molecule has 12 heterocycles. The Bertz CT molecular complexity index is 7750. The number of nitrogens with zero attached hydrogens (tertiary/aromatic N) is 4. The number of rotatable bonds is 24. The SMILES string of the molecule is [2H]c1c(C)c(C([2H])([2H])C(=O)c2sccc2S(=O)(=O)N([2H])c2onc(C)c2Cl)c([2H])c2c1OC([2H])([2H])O2.[2H]c1c(C)c(C([2H])([2H])C(=O)c2sccc2S(=O)(=O)N([2H])c2onc(C)c2Cl)c([2H])c2c1OC([2H])O2.[2H]c1c(C)c(C([2H])([2H])C(=O)c2sccc2S(=O)(=O)N([2H])c2onc(C)c2Cl)c([2H])c2c1OCO2.[2H]c1c2c(c([2H])c(C([2H])([2H])C(=O)c3sccc3S(=O)(=O)N([2H])c3onc(C)c3Cl)c1C([2H])([2H])[2H])OCO2. The molecule has 4 aliphatic heterocycles. The zero-order valence-electron chi connectivity index (χ0n) is 84.8. The maximum Gasteiger partial charge on any atom is 0.265 e. The average Bonchev–Trinajstić information content (AvgIpc) is 1.51. The van der Waals surface area contributed by atoms with Gasteiger partial charge in [-0.25, -0.2) is 52.5 Å². The van der Waals surface area contributed by atoms with Crippen molar-refractivity contribution in [2.45, 2.75) is 100 Å². The van der Waals surface area contributed by atoms with Gasteiger partial charge in [-0.3, -0.25) is 19.2 Å². The number of fused-ring (bicyclic) bond motifs is 4. The number of nitrogens with one attached hydrogen (secondary N) is 4. The van der Waals surface area contributed by atoms with Crippen molar-refractivity contribution < 1.29 is 145 Å². The van der Waals surface area contributed by atoms with Crippen LogP contribution in [0.4, 0.5) is 23.5 Å². The van der Waals surface area contributed by atoms with E-state index in [1.807, 2.05) is 0 Å². The second kappa shape index (κ2) is 34.1. The molecule has 0 saturated heterocycles. The van der Waals surface area contributed by atoms with Crippen molar-refractivity contribution in [2.24, 2.45) is 0 Å². The molecule has 608 valence electrons. The molecule has 0 amide bonds. The van der Waals surface area contributed by atoms with Crippen LogP contribution in [-0.2, 0) is 65.6 Å². The number of ketones is 4. The van der Waals surface area contributed by atoms with Crippen LogP contribution in [0, 0.1) is 55.3 Å². The van der Waals surface area contributed by atoms with E-state index in [1.165, 1.54) is 64.6 Å². The molecule has 44 heteroatoms. The first kappa shape index (κ1) is 56.2. The maximum absolute atomic E-state index is 13.5. The number of hydrogen-bond acceptors (Lipinski definition) is 32. The summed E-state index contributed by atoms with van der Waals surface area (Å²) in [5.74, 6) is -10.6. The first-order valence-corrected chi connectivity index (χ1v) is 42.2. The van der Waals surface area contributed by atoms with Gasteiger partial charge in [0.2, 0.25) is 27.1 Å². The minimum atomic E-state index is -4.88. The molecule has 4 aromatic carbocycles. The fourth-order valence-electron chi connectivity index (χ4n) is 9.42. The zero-order chi connectivity index (χ0) is 106. The minimum absolute atomic E-state index is 0.0281. The van der Waals surface area contributed by atoms with Crippen molar-refractivity contribution in [3.05, 3.63) is 201 Å². The number of sulfonamides is 4. The van der Waals surface area contributed by atoms with Gasteiger partial charge in [0.15, 0.2) is 74.8 Å². The van der Waals surface area contributed by atoms with Gasteiger partial charge < -0.3 is 56.0 Å². The van der Waals surface area contributed by atoms with Gasteiger partial charge >= 0.3 is 0 Å². The molecule has 32 nitrogen and oxygen atoms in total. The van der Waals surface area contributed by atoms with Crippen LogP contribution in [0.15, 0.2) is 132 Å². The molecule has 0 bridgehead atoms. The van der Waals surface area contributed by atoms with Gasteiger partial charge in [0.1, 0.15) is 66.6 Å². The van der Waals surface area contributed by atoms with Crippen molar-refractivity contribution in [3.8, 4) is 46.0 Å². The van der Waals surface area contributed by atoms with E-state index in [4.69, 9.17) is 138 Å². The van der Waals surface area contributed by atoms with Gasteiger partial charge in [0.05, 0.1) is 30.5 Å². The fourth-order valence-corrected chi connectivity index (χ4v) is 19.0. The van der Waals surface area contributed by atoms with Gasteiger partial charge in [-0.15, -0.1) is 45.3 Å². The fraction of sp³-hybridized carbons (Fsp3) is 0.222. The molecule has 0 fully saturated rings. The molecule has 4 aliphatic rings. The van der Waals surface area contributed by atoms with Gasteiger partial charge in [-0.2, -0.15) is 0 Å². The summed E-state index contributed by atoms with van der Waals surface area (Å²) in [6.45, 7) is 1.45. The number of aryl methyl sites for hydroxylation is 4. The molecule has 8 aromatic heterocycles. The third kappa shape index (κ3) is 18.1.